The highest BCUT2D eigenvalue weighted by molar-refractivity contribution is 7.98. The topological polar surface area (TPSA) is 157 Å². The highest BCUT2D eigenvalue weighted by Gasteiger charge is 2.35. The summed E-state index contributed by atoms with van der Waals surface area (Å²) in [7, 11) is -3.70. The molecule has 0 spiro atoms. The Morgan fingerprint density at radius 3 is 2.30 bits per heavy atom. The number of hydrogen-bond acceptors (Lipinski definition) is 8. The highest BCUT2D eigenvalue weighted by Crippen LogP contribution is 2.32. The summed E-state index contributed by atoms with van der Waals surface area (Å²) in [6.07, 6.45) is -2.58. The lowest BCUT2D eigenvalue weighted by molar-refractivity contribution is -0.137. The second-order valence-electron chi connectivity index (χ2n) is 11.5. The molecule has 3 amide bonds. The maximum Gasteiger partial charge on any atom is 0.416 e. The Hall–Kier alpha value is -3.30. The van der Waals surface area contributed by atoms with Crippen LogP contribution in [0.15, 0.2) is 52.3 Å². The summed E-state index contributed by atoms with van der Waals surface area (Å²) in [5.74, 6) is -2.47. The number of rotatable bonds is 9. The lowest BCUT2D eigenvalue weighted by atomic mass is 9.83. The molecule has 0 aliphatic heterocycles. The van der Waals surface area contributed by atoms with Crippen molar-refractivity contribution in [3.05, 3.63) is 53.6 Å². The van der Waals surface area contributed by atoms with Gasteiger partial charge in [0.05, 0.1) is 34.0 Å². The van der Waals surface area contributed by atoms with E-state index >= 15 is 0 Å². The van der Waals surface area contributed by atoms with Crippen LogP contribution in [-0.4, -0.2) is 62.6 Å². The quantitative estimate of drug-likeness (QED) is 0.285. The van der Waals surface area contributed by atoms with E-state index in [0.29, 0.717) is 31.4 Å². The maximum absolute atomic E-state index is 13.4. The Labute approximate surface area is 259 Å². The van der Waals surface area contributed by atoms with Gasteiger partial charge in [0.2, 0.25) is 5.91 Å². The van der Waals surface area contributed by atoms with Gasteiger partial charge < -0.3 is 21.1 Å². The Bertz CT molecular complexity index is 1460. The minimum absolute atomic E-state index is 0.156. The highest BCUT2D eigenvalue weighted by atomic mass is 32.2. The summed E-state index contributed by atoms with van der Waals surface area (Å²) in [5.41, 5.74) is 3.30. The molecule has 0 radical (unpaired) electrons. The van der Waals surface area contributed by atoms with Gasteiger partial charge in [0.15, 0.2) is 9.84 Å². The van der Waals surface area contributed by atoms with Crippen LogP contribution in [0, 0.1) is 5.92 Å². The van der Waals surface area contributed by atoms with Gasteiger partial charge in [0.25, 0.3) is 5.91 Å². The lowest BCUT2D eigenvalue weighted by Crippen LogP contribution is -2.50. The number of alkyl halides is 3. The molecule has 1 saturated carbocycles. The van der Waals surface area contributed by atoms with Gasteiger partial charge in [-0.25, -0.2) is 13.2 Å². The Kier molecular flexibility index (Phi) is 11.4. The number of halogens is 3. The Balaban J connectivity index is 1.70. The molecular formula is C29H37F3N4O6S2. The van der Waals surface area contributed by atoms with Crippen LogP contribution in [-0.2, 0) is 25.5 Å². The van der Waals surface area contributed by atoms with Crippen LogP contribution in [0.2, 0.25) is 0 Å². The molecule has 3 atom stereocenters. The monoisotopic (exact) mass is 658 g/mol. The van der Waals surface area contributed by atoms with Gasteiger partial charge in [-0.2, -0.15) is 13.2 Å². The minimum Gasteiger partial charge on any atom is -0.444 e. The number of hydrogen-bond donors (Lipinski definition) is 4. The second kappa shape index (κ2) is 14.2. The van der Waals surface area contributed by atoms with Gasteiger partial charge in [-0.3, -0.25) is 14.9 Å². The number of carbonyl (C=O) groups is 3. The van der Waals surface area contributed by atoms with Crippen molar-refractivity contribution in [2.75, 3.05) is 23.9 Å². The number of amides is 3. The second-order valence-corrected chi connectivity index (χ2v) is 14.4. The van der Waals surface area contributed by atoms with Gasteiger partial charge in [0.1, 0.15) is 5.60 Å². The van der Waals surface area contributed by atoms with Crippen molar-refractivity contribution in [1.29, 1.82) is 0 Å². The zero-order chi connectivity index (χ0) is 32.9. The van der Waals surface area contributed by atoms with E-state index in [-0.39, 0.29) is 22.4 Å². The molecule has 44 heavy (non-hydrogen) atoms. The van der Waals surface area contributed by atoms with Crippen molar-refractivity contribution >= 4 is 45.2 Å². The molecule has 1 fully saturated rings. The van der Waals surface area contributed by atoms with E-state index in [1.54, 1.807) is 32.9 Å². The van der Waals surface area contributed by atoms with Crippen molar-refractivity contribution in [2.45, 2.75) is 73.7 Å². The van der Waals surface area contributed by atoms with Crippen molar-refractivity contribution in [3.63, 3.8) is 0 Å². The molecule has 2 aromatic rings. The average Bonchev–Trinajstić information content (AvgIpc) is 2.91. The predicted molar refractivity (Wildman–Crippen MR) is 161 cm³/mol. The van der Waals surface area contributed by atoms with E-state index < -0.39 is 69.2 Å². The smallest absolute Gasteiger partial charge is 0.416 e. The first-order valence-electron chi connectivity index (χ1n) is 13.8. The van der Waals surface area contributed by atoms with E-state index in [1.165, 1.54) is 23.9 Å². The van der Waals surface area contributed by atoms with Crippen molar-refractivity contribution in [2.24, 2.45) is 11.7 Å². The largest absolute Gasteiger partial charge is 0.444 e. The molecule has 242 valence electrons. The van der Waals surface area contributed by atoms with Crippen molar-refractivity contribution in [1.82, 2.24) is 10.6 Å². The van der Waals surface area contributed by atoms with Gasteiger partial charge in [-0.15, -0.1) is 11.8 Å². The fraction of sp³-hybridized carbons (Fsp3) is 0.483. The van der Waals surface area contributed by atoms with Crippen molar-refractivity contribution < 1.29 is 40.7 Å². The molecule has 15 heteroatoms. The summed E-state index contributed by atoms with van der Waals surface area (Å²) >= 11 is 1.48. The van der Waals surface area contributed by atoms with Crippen LogP contribution in [0.4, 0.5) is 23.7 Å². The Morgan fingerprint density at radius 1 is 1.05 bits per heavy atom. The summed E-state index contributed by atoms with van der Waals surface area (Å²) in [6, 6.07) is 7.88. The van der Waals surface area contributed by atoms with E-state index in [2.05, 4.69) is 16.0 Å². The molecular weight excluding hydrogens is 621 g/mol. The average molecular weight is 659 g/mol. The molecule has 0 heterocycles. The molecule has 0 saturated heterocycles. The van der Waals surface area contributed by atoms with E-state index in [4.69, 9.17) is 10.5 Å². The molecule has 0 bridgehead atoms. The van der Waals surface area contributed by atoms with Gasteiger partial charge in [-0.05, 0) is 94.7 Å². The van der Waals surface area contributed by atoms with Gasteiger partial charge in [-0.1, -0.05) is 0 Å². The standard InChI is InChI=1S/C29H37F3N4O6S2/c1-28(2,3)42-27(39)36-24-11-5-18(29(30,31)32)14-22(24)26(38)34-15-25(37)35-23-12-6-19(33)13-17(23)16-44(40,41)21-9-7-20(43-4)8-10-21/h5,7-11,14,17,19,23H,6,12-13,15-16,33H2,1-4H3,(H,34,38)(H,35,37)(H,36,39)/t17?,19-,23?/m1/s1. The molecule has 2 aromatic carbocycles. The van der Waals surface area contributed by atoms with E-state index in [1.807, 2.05) is 6.26 Å². The number of carbonyl (C=O) groups excluding carboxylic acids is 3. The van der Waals surface area contributed by atoms with Gasteiger partial charge >= 0.3 is 12.3 Å². The number of benzene rings is 2. The molecule has 1 aliphatic rings. The number of ether oxygens (including phenoxy) is 1. The van der Waals surface area contributed by atoms with Crippen LogP contribution in [0.1, 0.15) is 56.0 Å². The molecule has 5 N–H and O–H groups in total. The SMILES string of the molecule is CSc1ccc(S(=O)(=O)CC2C[C@H](N)CCC2NC(=O)CNC(=O)c2cc(C(F)(F)F)ccc2NC(=O)OC(C)(C)C)cc1. The lowest BCUT2D eigenvalue weighted by Gasteiger charge is -2.35. The summed E-state index contributed by atoms with van der Waals surface area (Å²) < 4.78 is 71.6. The molecule has 1 aliphatic carbocycles. The third-order valence-corrected chi connectivity index (χ3v) is 9.46. The minimum atomic E-state index is -4.77. The number of anilines is 1. The van der Waals surface area contributed by atoms with Crippen molar-refractivity contribution in [3.8, 4) is 0 Å². The van der Waals surface area contributed by atoms with Crippen LogP contribution in [0.5, 0.6) is 0 Å². The normalized spacial score (nSPS) is 19.1. The first kappa shape index (κ1) is 35.2. The Morgan fingerprint density at radius 2 is 1.70 bits per heavy atom. The fourth-order valence-electron chi connectivity index (χ4n) is 4.78. The van der Waals surface area contributed by atoms with Gasteiger partial charge in [0, 0.05) is 17.0 Å². The maximum atomic E-state index is 13.4. The van der Waals surface area contributed by atoms with Crippen LogP contribution in [0.3, 0.4) is 0 Å². The third-order valence-electron chi connectivity index (χ3n) is 6.86. The zero-order valence-corrected chi connectivity index (χ0v) is 26.4. The third kappa shape index (κ3) is 10.1. The summed E-state index contributed by atoms with van der Waals surface area (Å²) in [5, 5.41) is 7.30. The zero-order valence-electron chi connectivity index (χ0n) is 24.8. The molecule has 3 rings (SSSR count). The summed E-state index contributed by atoms with van der Waals surface area (Å²) in [4.78, 5) is 39.1. The summed E-state index contributed by atoms with van der Waals surface area (Å²) in [6.45, 7) is 4.16. The van der Waals surface area contributed by atoms with E-state index in [9.17, 15) is 36.0 Å². The number of thioether (sulfide) groups is 1. The number of nitrogens with one attached hydrogen (secondary N) is 3. The molecule has 0 aromatic heterocycles. The molecule has 2 unspecified atom stereocenters. The fourth-order valence-corrected chi connectivity index (χ4v) is 6.86. The number of sulfone groups is 1. The van der Waals surface area contributed by atoms with E-state index in [0.717, 1.165) is 11.0 Å². The predicted octanol–water partition coefficient (Wildman–Crippen LogP) is 4.59. The number of nitrogens with two attached hydrogens (primary N) is 1. The first-order valence-corrected chi connectivity index (χ1v) is 16.7. The van der Waals surface area contributed by atoms with Crippen LogP contribution in [0.25, 0.3) is 0 Å². The molecule has 10 nitrogen and oxygen atoms in total. The van der Waals surface area contributed by atoms with Crippen LogP contribution < -0.4 is 21.7 Å². The first-order chi connectivity index (χ1) is 20.4. The van der Waals surface area contributed by atoms with Crippen LogP contribution >= 0.6 is 11.8 Å².